The lowest BCUT2D eigenvalue weighted by Crippen LogP contribution is -2.49. The number of thiocarbonyl (C=S) groups is 1. The van der Waals surface area contributed by atoms with Crippen molar-refractivity contribution >= 4 is 28.9 Å². The first-order valence-corrected chi connectivity index (χ1v) is 9.53. The van der Waals surface area contributed by atoms with Crippen molar-refractivity contribution in [3.8, 4) is 17.4 Å². The maximum atomic E-state index is 12.3. The largest absolute Gasteiger partial charge is 0.493 e. The van der Waals surface area contributed by atoms with Gasteiger partial charge in [0.25, 0.3) is 5.91 Å². The third-order valence-corrected chi connectivity index (χ3v) is 4.54. The summed E-state index contributed by atoms with van der Waals surface area (Å²) in [6, 6.07) is 4.77. The minimum absolute atomic E-state index is 0.176. The van der Waals surface area contributed by atoms with Crippen molar-refractivity contribution in [3.63, 3.8) is 0 Å². The minimum atomic E-state index is -0.843. The van der Waals surface area contributed by atoms with Crippen molar-refractivity contribution in [1.82, 2.24) is 25.9 Å². The van der Waals surface area contributed by atoms with E-state index in [9.17, 15) is 14.9 Å². The van der Waals surface area contributed by atoms with Gasteiger partial charge in [0.05, 0.1) is 26.3 Å². The summed E-state index contributed by atoms with van der Waals surface area (Å²) in [6.07, 6.45) is 1.78. The molecule has 0 spiro atoms. The van der Waals surface area contributed by atoms with Crippen molar-refractivity contribution in [2.45, 2.75) is 19.4 Å². The first-order chi connectivity index (χ1) is 14.8. The Hall–Kier alpha value is -3.61. The van der Waals surface area contributed by atoms with Gasteiger partial charge in [-0.25, -0.2) is 4.68 Å². The van der Waals surface area contributed by atoms with Crippen LogP contribution in [0.3, 0.4) is 0 Å². The van der Waals surface area contributed by atoms with Crippen LogP contribution in [0.2, 0.25) is 0 Å². The van der Waals surface area contributed by atoms with Crippen LogP contribution >= 0.6 is 12.2 Å². The smallest absolute Gasteiger partial charge is 0.350 e. The summed E-state index contributed by atoms with van der Waals surface area (Å²) in [7, 11) is 4.40. The fourth-order valence-corrected chi connectivity index (χ4v) is 2.73. The molecule has 2 rings (SSSR count). The molecule has 12 nitrogen and oxygen atoms in total. The third kappa shape index (κ3) is 6.18. The maximum Gasteiger partial charge on any atom is 0.350 e. The normalized spacial score (nSPS) is 11.2. The Bertz CT molecular complexity index is 950. The van der Waals surface area contributed by atoms with Crippen LogP contribution in [0.1, 0.15) is 18.5 Å². The van der Waals surface area contributed by atoms with E-state index >= 15 is 0 Å². The topological polar surface area (TPSA) is 142 Å². The van der Waals surface area contributed by atoms with Gasteiger partial charge in [-0.15, -0.1) is 5.10 Å². The van der Waals surface area contributed by atoms with Crippen molar-refractivity contribution < 1.29 is 23.9 Å². The molecular formula is C18H24N6O6S. The van der Waals surface area contributed by atoms with Crippen LogP contribution in [0.4, 0.5) is 5.69 Å². The predicted octanol–water partition coefficient (Wildman–Crippen LogP) is 1.12. The van der Waals surface area contributed by atoms with Gasteiger partial charge in [-0.05, 0) is 43.3 Å². The maximum absolute atomic E-state index is 12.3. The summed E-state index contributed by atoms with van der Waals surface area (Å²) >= 11 is 5.14. The molecule has 0 radical (unpaired) electrons. The molecule has 0 fully saturated rings. The number of benzene rings is 1. The zero-order valence-electron chi connectivity index (χ0n) is 17.5. The number of hydrogen-bond donors (Lipinski definition) is 3. The molecule has 2 aromatic rings. The second-order valence-electron chi connectivity index (χ2n) is 6.25. The lowest BCUT2D eigenvalue weighted by Gasteiger charge is -2.15. The molecule has 1 aromatic carbocycles. The summed E-state index contributed by atoms with van der Waals surface area (Å²) in [5.41, 5.74) is 5.71. The Labute approximate surface area is 184 Å². The second-order valence-corrected chi connectivity index (χ2v) is 6.65. The quantitative estimate of drug-likeness (QED) is 0.288. The average molecular weight is 452 g/mol. The Morgan fingerprint density at radius 1 is 1.23 bits per heavy atom. The van der Waals surface area contributed by atoms with Gasteiger partial charge in [0.2, 0.25) is 0 Å². The van der Waals surface area contributed by atoms with Crippen molar-refractivity contribution in [1.29, 1.82) is 0 Å². The van der Waals surface area contributed by atoms with Crippen LogP contribution < -0.4 is 30.4 Å². The highest BCUT2D eigenvalue weighted by Gasteiger charge is 2.25. The summed E-state index contributed by atoms with van der Waals surface area (Å²) in [5.74, 6) is 0.611. The van der Waals surface area contributed by atoms with E-state index in [1.54, 1.807) is 14.2 Å². The summed E-state index contributed by atoms with van der Waals surface area (Å²) in [6.45, 7) is 2.04. The molecule has 0 bridgehead atoms. The molecule has 3 N–H and O–H groups in total. The number of nitrogens with one attached hydrogen (secondary N) is 3. The molecule has 0 unspecified atom stereocenters. The lowest BCUT2D eigenvalue weighted by molar-refractivity contribution is -0.385. The van der Waals surface area contributed by atoms with Gasteiger partial charge in [0, 0.05) is 6.54 Å². The molecule has 0 saturated carbocycles. The van der Waals surface area contributed by atoms with Gasteiger partial charge in [-0.2, -0.15) is 0 Å². The highest BCUT2D eigenvalue weighted by molar-refractivity contribution is 7.80. The molecule has 1 atom stereocenters. The zero-order chi connectivity index (χ0) is 23.0. The second kappa shape index (κ2) is 11.0. The van der Waals surface area contributed by atoms with Crippen LogP contribution in [-0.4, -0.2) is 53.6 Å². The Morgan fingerprint density at radius 3 is 2.52 bits per heavy atom. The Kier molecular flexibility index (Phi) is 8.37. The van der Waals surface area contributed by atoms with E-state index in [-0.39, 0.29) is 16.7 Å². The molecule has 0 aliphatic rings. The van der Waals surface area contributed by atoms with Crippen molar-refractivity contribution in [2.24, 2.45) is 0 Å². The highest BCUT2D eigenvalue weighted by atomic mass is 32.1. The molecule has 0 saturated heterocycles. The summed E-state index contributed by atoms with van der Waals surface area (Å²) in [5, 5.41) is 18.1. The molecular weight excluding hydrogens is 428 g/mol. The van der Waals surface area contributed by atoms with E-state index in [2.05, 4.69) is 21.3 Å². The number of nitro groups is 1. The van der Waals surface area contributed by atoms with Gasteiger partial charge in [-0.1, -0.05) is 6.07 Å². The van der Waals surface area contributed by atoms with Crippen LogP contribution in [0.15, 0.2) is 24.4 Å². The van der Waals surface area contributed by atoms with Crippen LogP contribution in [0, 0.1) is 10.1 Å². The minimum Gasteiger partial charge on any atom is -0.493 e. The van der Waals surface area contributed by atoms with E-state index in [0.717, 1.165) is 16.4 Å². The molecule has 13 heteroatoms. The summed E-state index contributed by atoms with van der Waals surface area (Å²) in [4.78, 5) is 22.7. The highest BCUT2D eigenvalue weighted by Crippen LogP contribution is 2.27. The molecule has 1 heterocycles. The molecule has 1 amide bonds. The number of hydrogen-bond acceptors (Lipinski definition) is 8. The SMILES string of the molecule is COc1ccc(CCNC(=S)NNC(=O)[C@@H](C)n2cc([N+](=O)[O-])c(OC)n2)cc1OC. The molecule has 31 heavy (non-hydrogen) atoms. The number of nitrogens with zero attached hydrogens (tertiary/aromatic N) is 3. The lowest BCUT2D eigenvalue weighted by atomic mass is 10.1. The van der Waals surface area contributed by atoms with Crippen LogP contribution in [0.25, 0.3) is 0 Å². The van der Waals surface area contributed by atoms with E-state index in [1.165, 1.54) is 14.0 Å². The number of methoxy groups -OCH3 is 3. The van der Waals surface area contributed by atoms with Gasteiger partial charge in [0.1, 0.15) is 12.2 Å². The van der Waals surface area contributed by atoms with Crippen LogP contribution in [-0.2, 0) is 11.2 Å². The van der Waals surface area contributed by atoms with Gasteiger partial charge < -0.3 is 19.5 Å². The van der Waals surface area contributed by atoms with Gasteiger partial charge in [0.15, 0.2) is 16.6 Å². The van der Waals surface area contributed by atoms with Crippen molar-refractivity contribution in [2.75, 3.05) is 27.9 Å². The fraction of sp³-hybridized carbons (Fsp3) is 0.389. The van der Waals surface area contributed by atoms with Crippen molar-refractivity contribution in [3.05, 3.63) is 40.1 Å². The van der Waals surface area contributed by atoms with Gasteiger partial charge in [-0.3, -0.25) is 25.8 Å². The zero-order valence-corrected chi connectivity index (χ0v) is 18.3. The number of aromatic nitrogens is 2. The van der Waals surface area contributed by atoms with E-state index in [1.807, 2.05) is 18.2 Å². The van der Waals surface area contributed by atoms with E-state index in [0.29, 0.717) is 24.5 Å². The number of carbonyl (C=O) groups is 1. The molecule has 0 aliphatic heterocycles. The number of rotatable bonds is 9. The standard InChI is InChI=1S/C18H24N6O6S/c1-11(23-10-13(24(26)27)17(22-23)30-4)16(25)20-21-18(31)19-8-7-12-5-6-14(28-2)15(9-12)29-3/h5-6,9-11H,7-8H2,1-4H3,(H,20,25)(H2,19,21,31)/t11-/m1/s1. The monoisotopic (exact) mass is 452 g/mol. The molecule has 0 aliphatic carbocycles. The molecule has 168 valence electrons. The first kappa shape index (κ1) is 23.7. The average Bonchev–Trinajstić information content (AvgIpc) is 3.21. The Balaban J connectivity index is 1.82. The third-order valence-electron chi connectivity index (χ3n) is 4.29. The number of amides is 1. The number of ether oxygens (including phenoxy) is 3. The fourth-order valence-electron chi connectivity index (χ4n) is 2.58. The number of carbonyl (C=O) groups excluding carboxylic acids is 1. The van der Waals surface area contributed by atoms with Gasteiger partial charge >= 0.3 is 11.6 Å². The van der Waals surface area contributed by atoms with Crippen LogP contribution in [0.5, 0.6) is 17.4 Å². The van der Waals surface area contributed by atoms with E-state index in [4.69, 9.17) is 26.4 Å². The molecule has 1 aromatic heterocycles. The Morgan fingerprint density at radius 2 is 1.94 bits per heavy atom. The first-order valence-electron chi connectivity index (χ1n) is 9.12. The summed E-state index contributed by atoms with van der Waals surface area (Å²) < 4.78 is 16.5. The predicted molar refractivity (Wildman–Crippen MR) is 115 cm³/mol. The van der Waals surface area contributed by atoms with E-state index < -0.39 is 16.9 Å². The number of hydrazine groups is 1.